The number of benzene rings is 1. The van der Waals surface area contributed by atoms with Crippen LogP contribution in [0, 0.1) is 5.92 Å². The first kappa shape index (κ1) is 23.8. The number of pyridine rings is 1. The van der Waals surface area contributed by atoms with E-state index in [9.17, 15) is 14.7 Å². The van der Waals surface area contributed by atoms with Gasteiger partial charge in [-0.05, 0) is 36.5 Å². The number of aromatic nitrogens is 4. The Bertz CT molecular complexity index is 1130. The van der Waals surface area contributed by atoms with Crippen molar-refractivity contribution in [3.63, 3.8) is 0 Å². The van der Waals surface area contributed by atoms with Crippen LogP contribution in [0.5, 0.6) is 0 Å². The smallest absolute Gasteiger partial charge is 0.336 e. The lowest BCUT2D eigenvalue weighted by Crippen LogP contribution is -2.14. The minimum atomic E-state index is -0.968. The fourth-order valence-electron chi connectivity index (χ4n) is 4.68. The number of rotatable bonds is 10. The summed E-state index contributed by atoms with van der Waals surface area (Å²) >= 11 is 0. The van der Waals surface area contributed by atoms with Crippen molar-refractivity contribution >= 4 is 11.8 Å². The van der Waals surface area contributed by atoms with E-state index >= 15 is 0 Å². The third-order valence-electron chi connectivity index (χ3n) is 6.54. The summed E-state index contributed by atoms with van der Waals surface area (Å²) in [7, 11) is 0. The highest BCUT2D eigenvalue weighted by Gasteiger charge is 2.22. The number of Topliss-reactive ketones (excluding diaryl/α,β-unsaturated/α-hetero) is 1. The van der Waals surface area contributed by atoms with E-state index in [2.05, 4.69) is 22.0 Å². The standard InChI is InChI=1S/C27H32N4O3/c1-2-8-25-29-26(24(32)17-19-9-4-3-5-10-19)30-31(25)16-15-20-13-14-23(28-18-20)21-11-6-7-12-22(21)27(33)34/h6-7,11-14,18-19H,2-5,8-10,15-17H2,1H3,(H,33,34). The van der Waals surface area contributed by atoms with E-state index in [1.54, 1.807) is 24.4 Å². The first-order chi connectivity index (χ1) is 16.5. The molecule has 1 saturated carbocycles. The Balaban J connectivity index is 1.43. The van der Waals surface area contributed by atoms with Gasteiger partial charge in [-0.1, -0.05) is 63.3 Å². The maximum absolute atomic E-state index is 12.8. The number of aromatic carboxylic acids is 1. The molecule has 1 N–H and O–H groups in total. The van der Waals surface area contributed by atoms with Crippen LogP contribution in [-0.2, 0) is 19.4 Å². The molecule has 0 amide bonds. The maximum Gasteiger partial charge on any atom is 0.336 e. The molecule has 1 fully saturated rings. The molecule has 0 radical (unpaired) electrons. The Kier molecular flexibility index (Phi) is 7.83. The lowest BCUT2D eigenvalue weighted by atomic mass is 9.86. The van der Waals surface area contributed by atoms with Gasteiger partial charge in [0.25, 0.3) is 0 Å². The van der Waals surface area contributed by atoms with Crippen molar-refractivity contribution in [2.45, 2.75) is 71.3 Å². The number of ketones is 1. The van der Waals surface area contributed by atoms with Gasteiger partial charge in [0.2, 0.25) is 11.6 Å². The number of hydrogen-bond acceptors (Lipinski definition) is 5. The highest BCUT2D eigenvalue weighted by Crippen LogP contribution is 2.27. The Labute approximate surface area is 200 Å². The number of carbonyl (C=O) groups is 2. The van der Waals surface area contributed by atoms with Crippen molar-refractivity contribution in [2.24, 2.45) is 5.92 Å². The van der Waals surface area contributed by atoms with Crippen LogP contribution in [0.1, 0.15) is 84.2 Å². The summed E-state index contributed by atoms with van der Waals surface area (Å²) in [5.41, 5.74) is 2.48. The summed E-state index contributed by atoms with van der Waals surface area (Å²) in [5, 5.41) is 14.0. The number of carboxylic acids is 1. The van der Waals surface area contributed by atoms with Crippen molar-refractivity contribution < 1.29 is 14.7 Å². The van der Waals surface area contributed by atoms with E-state index in [4.69, 9.17) is 0 Å². The second kappa shape index (κ2) is 11.2. The quantitative estimate of drug-likeness (QED) is 0.408. The Morgan fingerprint density at radius 3 is 2.56 bits per heavy atom. The molecule has 3 aromatic rings. The van der Waals surface area contributed by atoms with Gasteiger partial charge in [0.1, 0.15) is 5.82 Å². The molecule has 0 atom stereocenters. The largest absolute Gasteiger partial charge is 0.478 e. The molecule has 7 heteroatoms. The molecule has 2 aromatic heterocycles. The lowest BCUT2D eigenvalue weighted by molar-refractivity contribution is 0.0697. The number of aryl methyl sites for hydroxylation is 3. The van der Waals surface area contributed by atoms with Crippen LogP contribution in [0.3, 0.4) is 0 Å². The van der Waals surface area contributed by atoms with Gasteiger partial charge in [-0.15, -0.1) is 5.10 Å². The number of carbonyl (C=O) groups excluding carboxylic acids is 1. The summed E-state index contributed by atoms with van der Waals surface area (Å²) in [6.07, 6.45) is 10.7. The first-order valence-corrected chi connectivity index (χ1v) is 12.3. The molecule has 0 aliphatic heterocycles. The van der Waals surface area contributed by atoms with Gasteiger partial charge in [-0.3, -0.25) is 9.78 Å². The monoisotopic (exact) mass is 460 g/mol. The van der Waals surface area contributed by atoms with Gasteiger partial charge in [0.15, 0.2) is 0 Å². The predicted molar refractivity (Wildman–Crippen MR) is 130 cm³/mol. The second-order valence-corrected chi connectivity index (χ2v) is 9.11. The normalized spacial score (nSPS) is 14.3. The molecular formula is C27H32N4O3. The number of hydrogen-bond donors (Lipinski definition) is 1. The summed E-state index contributed by atoms with van der Waals surface area (Å²) < 4.78 is 1.87. The minimum absolute atomic E-state index is 0.0612. The second-order valence-electron chi connectivity index (χ2n) is 9.11. The zero-order chi connectivity index (χ0) is 23.9. The van der Waals surface area contributed by atoms with Crippen LogP contribution in [-0.4, -0.2) is 36.6 Å². The highest BCUT2D eigenvalue weighted by atomic mass is 16.4. The van der Waals surface area contributed by atoms with Crippen LogP contribution in [0.15, 0.2) is 42.6 Å². The van der Waals surface area contributed by atoms with E-state index in [1.165, 1.54) is 19.3 Å². The highest BCUT2D eigenvalue weighted by molar-refractivity contribution is 5.95. The number of carboxylic acid groups (broad SMARTS) is 1. The fourth-order valence-corrected chi connectivity index (χ4v) is 4.68. The van der Waals surface area contributed by atoms with Gasteiger partial charge in [0.05, 0.1) is 11.3 Å². The molecule has 0 saturated heterocycles. The molecule has 0 unspecified atom stereocenters. The topological polar surface area (TPSA) is 98.0 Å². The van der Waals surface area contributed by atoms with Crippen LogP contribution in [0.25, 0.3) is 11.3 Å². The van der Waals surface area contributed by atoms with E-state index in [0.29, 0.717) is 42.4 Å². The molecule has 2 heterocycles. The Morgan fingerprint density at radius 2 is 1.85 bits per heavy atom. The van der Waals surface area contributed by atoms with E-state index < -0.39 is 5.97 Å². The van der Waals surface area contributed by atoms with Crippen molar-refractivity contribution in [1.82, 2.24) is 19.7 Å². The zero-order valence-corrected chi connectivity index (χ0v) is 19.7. The third kappa shape index (κ3) is 5.76. The molecule has 34 heavy (non-hydrogen) atoms. The summed E-state index contributed by atoms with van der Waals surface area (Å²) in [6, 6.07) is 10.7. The van der Waals surface area contributed by atoms with Gasteiger partial charge >= 0.3 is 5.97 Å². The summed E-state index contributed by atoms with van der Waals surface area (Å²) in [5.74, 6) is 0.775. The zero-order valence-electron chi connectivity index (χ0n) is 19.7. The molecule has 178 valence electrons. The fraction of sp³-hybridized carbons (Fsp3) is 0.444. The van der Waals surface area contributed by atoms with Crippen LogP contribution in [0.4, 0.5) is 0 Å². The van der Waals surface area contributed by atoms with Crippen LogP contribution in [0.2, 0.25) is 0 Å². The van der Waals surface area contributed by atoms with Crippen molar-refractivity contribution in [3.8, 4) is 11.3 Å². The Morgan fingerprint density at radius 1 is 1.06 bits per heavy atom. The molecule has 1 aliphatic rings. The van der Waals surface area contributed by atoms with E-state index in [1.807, 2.05) is 22.9 Å². The molecule has 1 aliphatic carbocycles. The van der Waals surface area contributed by atoms with Crippen molar-refractivity contribution in [3.05, 3.63) is 65.4 Å². The van der Waals surface area contributed by atoms with Crippen molar-refractivity contribution in [2.75, 3.05) is 0 Å². The van der Waals surface area contributed by atoms with E-state index in [-0.39, 0.29) is 11.3 Å². The third-order valence-corrected chi connectivity index (χ3v) is 6.54. The molecule has 1 aromatic carbocycles. The molecular weight excluding hydrogens is 428 g/mol. The molecule has 0 spiro atoms. The minimum Gasteiger partial charge on any atom is -0.478 e. The van der Waals surface area contributed by atoms with Crippen molar-refractivity contribution in [1.29, 1.82) is 0 Å². The van der Waals surface area contributed by atoms with Gasteiger partial charge in [-0.2, -0.15) is 0 Å². The average Bonchev–Trinajstić information content (AvgIpc) is 3.27. The maximum atomic E-state index is 12.8. The first-order valence-electron chi connectivity index (χ1n) is 12.3. The summed E-state index contributed by atoms with van der Waals surface area (Å²) in [6.45, 7) is 2.71. The summed E-state index contributed by atoms with van der Waals surface area (Å²) in [4.78, 5) is 33.4. The predicted octanol–water partition coefficient (Wildman–Crippen LogP) is 5.39. The van der Waals surface area contributed by atoms with Gasteiger partial charge in [-0.25, -0.2) is 14.5 Å². The molecule has 7 nitrogen and oxygen atoms in total. The lowest BCUT2D eigenvalue weighted by Gasteiger charge is -2.19. The van der Waals surface area contributed by atoms with E-state index in [0.717, 1.165) is 37.1 Å². The average molecular weight is 461 g/mol. The van der Waals surface area contributed by atoms with Crippen LogP contribution >= 0.6 is 0 Å². The van der Waals surface area contributed by atoms with Gasteiger partial charge in [0, 0.05) is 31.1 Å². The van der Waals surface area contributed by atoms with Gasteiger partial charge < -0.3 is 5.11 Å². The van der Waals surface area contributed by atoms with Crippen LogP contribution < -0.4 is 0 Å². The number of nitrogens with zero attached hydrogens (tertiary/aromatic N) is 4. The SMILES string of the molecule is CCCc1nc(C(=O)CC2CCCCC2)nn1CCc1ccc(-c2ccccc2C(=O)O)nc1. The molecule has 0 bridgehead atoms. The Hall–Kier alpha value is -3.35. The molecule has 4 rings (SSSR count).